The molecule has 26 heavy (non-hydrogen) atoms. The van der Waals surface area contributed by atoms with E-state index in [0.29, 0.717) is 17.0 Å². The van der Waals surface area contributed by atoms with Crippen LogP contribution in [0.3, 0.4) is 0 Å². The number of ether oxygens (including phenoxy) is 1. The first-order valence-electron chi connectivity index (χ1n) is 8.85. The zero-order valence-electron chi connectivity index (χ0n) is 15.0. The van der Waals surface area contributed by atoms with Gasteiger partial charge in [0, 0.05) is 26.3 Å². The lowest BCUT2D eigenvalue weighted by Gasteiger charge is -2.32. The highest BCUT2D eigenvalue weighted by Crippen LogP contribution is 2.34. The number of hydrogen-bond acceptors (Lipinski definition) is 5. The molecule has 1 saturated carbocycles. The molecular weight excluding hydrogens is 333 g/mol. The van der Waals surface area contributed by atoms with Crippen molar-refractivity contribution in [3.05, 3.63) is 42.2 Å². The highest BCUT2D eigenvalue weighted by molar-refractivity contribution is 5.59. The molecule has 0 spiro atoms. The number of anilines is 1. The molecule has 0 atom stereocenters. The molecule has 2 heterocycles. The first kappa shape index (κ1) is 16.9. The molecule has 6 nitrogen and oxygen atoms in total. The smallest absolute Gasteiger partial charge is 0.185 e. The van der Waals surface area contributed by atoms with Crippen molar-refractivity contribution in [3.63, 3.8) is 0 Å². The van der Waals surface area contributed by atoms with Crippen LogP contribution in [0.4, 0.5) is 10.2 Å². The largest absolute Gasteiger partial charge is 0.376 e. The Hall–Kier alpha value is -2.54. The number of likely N-dealkylation sites (N-methyl/N-ethyl adjacent to an activating group) is 1. The van der Waals surface area contributed by atoms with E-state index in [0.717, 1.165) is 25.2 Å². The van der Waals surface area contributed by atoms with Gasteiger partial charge >= 0.3 is 0 Å². The zero-order chi connectivity index (χ0) is 18.1. The van der Waals surface area contributed by atoms with Crippen molar-refractivity contribution in [3.8, 4) is 11.4 Å². The summed E-state index contributed by atoms with van der Waals surface area (Å²) in [4.78, 5) is 2.10. The Bertz CT molecular complexity index is 919. The van der Waals surface area contributed by atoms with E-state index in [1.54, 1.807) is 23.8 Å². The number of benzene rings is 1. The molecule has 0 saturated heterocycles. The summed E-state index contributed by atoms with van der Waals surface area (Å²) in [5.41, 5.74) is 1.17. The molecule has 2 aromatic heterocycles. The molecule has 0 bridgehead atoms. The van der Waals surface area contributed by atoms with Gasteiger partial charge in [-0.25, -0.2) is 4.39 Å². The van der Waals surface area contributed by atoms with Crippen molar-refractivity contribution in [1.29, 1.82) is 0 Å². The van der Waals surface area contributed by atoms with Gasteiger partial charge in [-0.2, -0.15) is 4.52 Å². The van der Waals surface area contributed by atoms with Crippen molar-refractivity contribution in [2.75, 3.05) is 25.6 Å². The third-order valence-electron chi connectivity index (χ3n) is 5.20. The van der Waals surface area contributed by atoms with Crippen molar-refractivity contribution < 1.29 is 9.13 Å². The van der Waals surface area contributed by atoms with Crippen molar-refractivity contribution in [1.82, 2.24) is 19.8 Å². The number of methoxy groups -OCH3 is 1. The van der Waals surface area contributed by atoms with Gasteiger partial charge in [0.2, 0.25) is 0 Å². The van der Waals surface area contributed by atoms with E-state index in [-0.39, 0.29) is 11.4 Å². The molecule has 4 rings (SSSR count). The molecule has 3 aromatic rings. The second-order valence-electron chi connectivity index (χ2n) is 6.95. The number of rotatable bonds is 5. The highest BCUT2D eigenvalue weighted by atomic mass is 19.1. The molecule has 7 heteroatoms. The minimum Gasteiger partial charge on any atom is -0.376 e. The fraction of sp³-hybridized carbons (Fsp3) is 0.421. The molecular formula is C19H22FN5O. The van der Waals surface area contributed by atoms with Crippen LogP contribution in [0.5, 0.6) is 0 Å². The maximum absolute atomic E-state index is 13.6. The molecule has 0 N–H and O–H groups in total. The molecule has 0 unspecified atom stereocenters. The lowest BCUT2D eigenvalue weighted by Crippen LogP contribution is -2.41. The maximum atomic E-state index is 13.6. The van der Waals surface area contributed by atoms with Crippen LogP contribution >= 0.6 is 0 Å². The number of aromatic nitrogens is 4. The molecule has 0 amide bonds. The molecule has 1 fully saturated rings. The summed E-state index contributed by atoms with van der Waals surface area (Å²) in [6, 6.07) is 10.1. The predicted octanol–water partition coefficient (Wildman–Crippen LogP) is 3.33. The van der Waals surface area contributed by atoms with Gasteiger partial charge in [0.15, 0.2) is 11.5 Å². The maximum Gasteiger partial charge on any atom is 0.185 e. The van der Waals surface area contributed by atoms with E-state index >= 15 is 0 Å². The number of halogens is 1. The predicted molar refractivity (Wildman–Crippen MR) is 97.7 cm³/mol. The third kappa shape index (κ3) is 3.03. The van der Waals surface area contributed by atoms with Crippen LogP contribution in [0, 0.1) is 5.82 Å². The van der Waals surface area contributed by atoms with E-state index in [4.69, 9.17) is 4.74 Å². The summed E-state index contributed by atoms with van der Waals surface area (Å²) in [7, 11) is 3.80. The first-order valence-corrected chi connectivity index (χ1v) is 8.85. The Morgan fingerprint density at radius 1 is 1.19 bits per heavy atom. The van der Waals surface area contributed by atoms with Crippen molar-refractivity contribution in [2.45, 2.75) is 31.3 Å². The quantitative estimate of drug-likeness (QED) is 0.703. The monoisotopic (exact) mass is 355 g/mol. The molecule has 136 valence electrons. The third-order valence-corrected chi connectivity index (χ3v) is 5.20. The van der Waals surface area contributed by atoms with Crippen LogP contribution in [0.25, 0.3) is 17.0 Å². The molecule has 1 aromatic carbocycles. The highest BCUT2D eigenvalue weighted by Gasteiger charge is 2.35. The van der Waals surface area contributed by atoms with Gasteiger partial charge in [0.1, 0.15) is 11.6 Å². The molecule has 1 aliphatic rings. The summed E-state index contributed by atoms with van der Waals surface area (Å²) < 4.78 is 21.1. The summed E-state index contributed by atoms with van der Waals surface area (Å²) in [6.45, 7) is 0.777. The van der Waals surface area contributed by atoms with Gasteiger partial charge in [0.25, 0.3) is 0 Å². The van der Waals surface area contributed by atoms with Gasteiger partial charge in [-0.15, -0.1) is 15.3 Å². The Morgan fingerprint density at radius 2 is 2.00 bits per heavy atom. The van der Waals surface area contributed by atoms with E-state index < -0.39 is 0 Å². The standard InChI is InChI=1S/C19H22FN5O/c1-24(13-19(26-2)10-3-4-11-19)17-9-8-16-21-22-18(25(16)23-17)14-6-5-7-15(20)12-14/h5-9,12H,3-4,10-11,13H2,1-2H3. The second kappa shape index (κ2) is 6.64. The Kier molecular flexibility index (Phi) is 4.32. The summed E-state index contributed by atoms with van der Waals surface area (Å²) in [5.74, 6) is 1.02. The zero-order valence-corrected chi connectivity index (χ0v) is 15.0. The van der Waals surface area contributed by atoms with Crippen LogP contribution in [0.15, 0.2) is 36.4 Å². The van der Waals surface area contributed by atoms with Crippen molar-refractivity contribution in [2.24, 2.45) is 0 Å². The van der Waals surface area contributed by atoms with Crippen LogP contribution in [-0.2, 0) is 4.74 Å². The van der Waals surface area contributed by atoms with Crippen molar-refractivity contribution >= 4 is 11.5 Å². The van der Waals surface area contributed by atoms with Gasteiger partial charge < -0.3 is 9.64 Å². The minimum absolute atomic E-state index is 0.107. The summed E-state index contributed by atoms with van der Waals surface area (Å²) in [6.07, 6.45) is 4.53. The van der Waals surface area contributed by atoms with E-state index in [2.05, 4.69) is 20.2 Å². The fourth-order valence-corrected chi connectivity index (χ4v) is 3.75. The number of hydrogen-bond donors (Lipinski definition) is 0. The number of nitrogens with zero attached hydrogens (tertiary/aromatic N) is 5. The van der Waals surface area contributed by atoms with Crippen LogP contribution < -0.4 is 4.90 Å². The molecule has 0 aliphatic heterocycles. The Morgan fingerprint density at radius 3 is 2.73 bits per heavy atom. The minimum atomic E-state index is -0.309. The van der Waals surface area contributed by atoms with Crippen LogP contribution in [0.1, 0.15) is 25.7 Å². The van der Waals surface area contributed by atoms with Crippen LogP contribution in [-0.4, -0.2) is 46.1 Å². The molecule has 1 aliphatic carbocycles. The Balaban J connectivity index is 1.67. The first-order chi connectivity index (χ1) is 12.6. The van der Waals surface area contributed by atoms with Gasteiger partial charge in [-0.3, -0.25) is 0 Å². The van der Waals surface area contributed by atoms with Gasteiger partial charge in [-0.1, -0.05) is 25.0 Å². The second-order valence-corrected chi connectivity index (χ2v) is 6.95. The number of fused-ring (bicyclic) bond motifs is 1. The lowest BCUT2D eigenvalue weighted by molar-refractivity contribution is 0.00297. The van der Waals surface area contributed by atoms with Crippen LogP contribution in [0.2, 0.25) is 0 Å². The average Bonchev–Trinajstić information content (AvgIpc) is 3.28. The summed E-state index contributed by atoms with van der Waals surface area (Å²) >= 11 is 0. The Labute approximate surface area is 151 Å². The van der Waals surface area contributed by atoms with E-state index in [1.165, 1.54) is 25.0 Å². The van der Waals surface area contributed by atoms with Gasteiger partial charge in [0.05, 0.1) is 5.60 Å². The summed E-state index contributed by atoms with van der Waals surface area (Å²) in [5, 5.41) is 13.0. The molecule has 0 radical (unpaired) electrons. The fourth-order valence-electron chi connectivity index (χ4n) is 3.75. The lowest BCUT2D eigenvalue weighted by atomic mass is 10.0. The SMILES string of the molecule is COC1(CN(C)c2ccc3nnc(-c4cccc(F)c4)n3n2)CCCC1. The van der Waals surface area contributed by atoms with Gasteiger partial charge in [-0.05, 0) is 37.1 Å². The van der Waals surface area contributed by atoms with E-state index in [1.807, 2.05) is 19.2 Å². The topological polar surface area (TPSA) is 55.5 Å². The average molecular weight is 355 g/mol. The van der Waals surface area contributed by atoms with E-state index in [9.17, 15) is 4.39 Å². The normalized spacial score (nSPS) is 16.3.